The van der Waals surface area contributed by atoms with Gasteiger partial charge in [-0.1, -0.05) is 26.0 Å². The van der Waals surface area contributed by atoms with Crippen LogP contribution < -0.4 is 5.56 Å². The van der Waals surface area contributed by atoms with Crippen LogP contribution in [0.3, 0.4) is 0 Å². The van der Waals surface area contributed by atoms with Crippen molar-refractivity contribution in [3.05, 3.63) is 40.3 Å². The van der Waals surface area contributed by atoms with Crippen molar-refractivity contribution in [3.8, 4) is 0 Å². The number of aromatic nitrogens is 2. The van der Waals surface area contributed by atoms with Crippen LogP contribution in [0.4, 0.5) is 0 Å². The zero-order chi connectivity index (χ0) is 10.8. The van der Waals surface area contributed by atoms with Gasteiger partial charge in [0.15, 0.2) is 0 Å². The van der Waals surface area contributed by atoms with Crippen molar-refractivity contribution < 1.29 is 0 Å². The predicted molar refractivity (Wildman–Crippen MR) is 61.1 cm³/mol. The first kappa shape index (κ1) is 9.90. The van der Waals surface area contributed by atoms with Gasteiger partial charge in [-0.25, -0.2) is 4.98 Å². The van der Waals surface area contributed by atoms with Crippen LogP contribution in [0.5, 0.6) is 0 Å². The van der Waals surface area contributed by atoms with Crippen molar-refractivity contribution in [2.45, 2.75) is 26.2 Å². The number of para-hydroxylation sites is 2. The Bertz CT molecular complexity index is 530. The Morgan fingerprint density at radius 1 is 1.40 bits per heavy atom. The lowest BCUT2D eigenvalue weighted by molar-refractivity contribution is 0.699. The fraction of sp³-hybridized carbons (Fsp3) is 0.333. The molecule has 3 heteroatoms. The topological polar surface area (TPSA) is 45.8 Å². The first-order valence-electron chi connectivity index (χ1n) is 5.21. The fourth-order valence-electron chi connectivity index (χ4n) is 1.57. The largest absolute Gasteiger partial charge is 0.319 e. The van der Waals surface area contributed by atoms with Gasteiger partial charge in [0.2, 0.25) is 0 Å². The molecule has 0 aliphatic heterocycles. The average molecular weight is 202 g/mol. The zero-order valence-electron chi connectivity index (χ0n) is 8.95. The van der Waals surface area contributed by atoms with E-state index in [1.165, 1.54) is 0 Å². The second kappa shape index (κ2) is 3.85. The molecule has 1 aromatic heterocycles. The summed E-state index contributed by atoms with van der Waals surface area (Å²) in [5, 5.41) is 0. The Labute approximate surface area is 88.2 Å². The van der Waals surface area contributed by atoms with Crippen LogP contribution in [0, 0.1) is 0 Å². The highest BCUT2D eigenvalue weighted by Crippen LogP contribution is 2.14. The van der Waals surface area contributed by atoms with Gasteiger partial charge in [-0.15, -0.1) is 0 Å². The zero-order valence-corrected chi connectivity index (χ0v) is 8.95. The lowest BCUT2D eigenvalue weighted by Crippen LogP contribution is -2.17. The van der Waals surface area contributed by atoms with E-state index in [-0.39, 0.29) is 11.5 Å². The van der Waals surface area contributed by atoms with Gasteiger partial charge in [-0.2, -0.15) is 0 Å². The molecule has 0 saturated heterocycles. The third-order valence-corrected chi connectivity index (χ3v) is 2.70. The maximum Gasteiger partial charge on any atom is 0.270 e. The van der Waals surface area contributed by atoms with Crippen molar-refractivity contribution in [2.24, 2.45) is 0 Å². The van der Waals surface area contributed by atoms with Gasteiger partial charge in [-0.05, 0) is 18.6 Å². The molecule has 1 unspecified atom stereocenters. The van der Waals surface area contributed by atoms with Crippen LogP contribution in [0.2, 0.25) is 0 Å². The highest BCUT2D eigenvalue weighted by molar-refractivity contribution is 5.73. The minimum absolute atomic E-state index is 0.0666. The Morgan fingerprint density at radius 3 is 2.87 bits per heavy atom. The summed E-state index contributed by atoms with van der Waals surface area (Å²) in [6.07, 6.45) is 0.925. The van der Waals surface area contributed by atoms with E-state index in [1.54, 1.807) is 0 Å². The van der Waals surface area contributed by atoms with E-state index in [0.29, 0.717) is 5.69 Å². The smallest absolute Gasteiger partial charge is 0.270 e. The minimum atomic E-state index is -0.0666. The Kier molecular flexibility index (Phi) is 2.54. The lowest BCUT2D eigenvalue weighted by Gasteiger charge is -2.07. The molecule has 3 nitrogen and oxygen atoms in total. The molecule has 1 N–H and O–H groups in total. The van der Waals surface area contributed by atoms with Gasteiger partial charge in [0.1, 0.15) is 5.69 Å². The predicted octanol–water partition coefficient (Wildman–Crippen LogP) is 2.44. The molecule has 0 aliphatic carbocycles. The van der Waals surface area contributed by atoms with Gasteiger partial charge >= 0.3 is 0 Å². The van der Waals surface area contributed by atoms with Crippen molar-refractivity contribution in [3.63, 3.8) is 0 Å². The number of nitrogens with one attached hydrogen (secondary N) is 1. The molecular weight excluding hydrogens is 188 g/mol. The fourth-order valence-corrected chi connectivity index (χ4v) is 1.57. The summed E-state index contributed by atoms with van der Waals surface area (Å²) in [6, 6.07) is 7.60. The van der Waals surface area contributed by atoms with Gasteiger partial charge in [-0.3, -0.25) is 4.79 Å². The standard InChI is InChI=1S/C12H14N2O/c1-3-8(2)11-12(15)14-10-7-5-4-6-9(10)13-11/h4-8H,3H2,1-2H3,(H,14,15). The number of hydrogen-bond acceptors (Lipinski definition) is 2. The molecule has 1 heterocycles. The maximum absolute atomic E-state index is 11.7. The van der Waals surface area contributed by atoms with Gasteiger partial charge < -0.3 is 4.98 Å². The van der Waals surface area contributed by atoms with Crippen molar-refractivity contribution in [2.75, 3.05) is 0 Å². The minimum Gasteiger partial charge on any atom is -0.319 e. The lowest BCUT2D eigenvalue weighted by atomic mass is 10.1. The third kappa shape index (κ3) is 1.77. The molecule has 0 fully saturated rings. The Morgan fingerprint density at radius 2 is 2.13 bits per heavy atom. The van der Waals surface area contributed by atoms with Gasteiger partial charge in [0, 0.05) is 5.92 Å². The average Bonchev–Trinajstić information content (AvgIpc) is 2.27. The number of benzene rings is 1. The number of rotatable bonds is 2. The number of H-pyrrole nitrogens is 1. The highest BCUT2D eigenvalue weighted by Gasteiger charge is 2.10. The van der Waals surface area contributed by atoms with Crippen LogP contribution in [-0.4, -0.2) is 9.97 Å². The van der Waals surface area contributed by atoms with Crippen molar-refractivity contribution in [1.29, 1.82) is 0 Å². The summed E-state index contributed by atoms with van der Waals surface area (Å²) in [7, 11) is 0. The van der Waals surface area contributed by atoms with Gasteiger partial charge in [0.05, 0.1) is 11.0 Å². The maximum atomic E-state index is 11.7. The molecule has 0 radical (unpaired) electrons. The molecule has 1 atom stereocenters. The molecule has 0 saturated carbocycles. The quantitative estimate of drug-likeness (QED) is 0.813. The molecule has 0 amide bonds. The van der Waals surface area contributed by atoms with E-state index in [2.05, 4.69) is 16.9 Å². The van der Waals surface area contributed by atoms with Crippen LogP contribution in [0.15, 0.2) is 29.1 Å². The summed E-state index contributed by atoms with van der Waals surface area (Å²) >= 11 is 0. The molecule has 0 bridgehead atoms. The molecular formula is C12H14N2O. The van der Waals surface area contributed by atoms with E-state index >= 15 is 0 Å². The molecule has 2 aromatic rings. The van der Waals surface area contributed by atoms with E-state index in [9.17, 15) is 4.79 Å². The van der Waals surface area contributed by atoms with Crippen LogP contribution in [0.25, 0.3) is 11.0 Å². The number of nitrogens with zero attached hydrogens (tertiary/aromatic N) is 1. The summed E-state index contributed by atoms with van der Waals surface area (Å²) in [5.41, 5.74) is 2.22. The first-order valence-corrected chi connectivity index (χ1v) is 5.21. The van der Waals surface area contributed by atoms with Crippen molar-refractivity contribution in [1.82, 2.24) is 9.97 Å². The van der Waals surface area contributed by atoms with E-state index in [1.807, 2.05) is 31.2 Å². The molecule has 0 spiro atoms. The van der Waals surface area contributed by atoms with E-state index in [0.717, 1.165) is 17.5 Å². The third-order valence-electron chi connectivity index (χ3n) is 2.70. The molecule has 78 valence electrons. The highest BCUT2D eigenvalue weighted by atomic mass is 16.1. The van der Waals surface area contributed by atoms with Crippen LogP contribution in [0.1, 0.15) is 31.9 Å². The summed E-state index contributed by atoms with van der Waals surface area (Å²) < 4.78 is 0. The van der Waals surface area contributed by atoms with Crippen molar-refractivity contribution >= 4 is 11.0 Å². The molecule has 0 aliphatic rings. The second-order valence-corrected chi connectivity index (χ2v) is 3.78. The second-order valence-electron chi connectivity index (χ2n) is 3.78. The molecule has 2 rings (SSSR count). The normalized spacial score (nSPS) is 12.9. The Balaban J connectivity index is 2.67. The number of hydrogen-bond donors (Lipinski definition) is 1. The summed E-state index contributed by atoms with van der Waals surface area (Å²) in [5.74, 6) is 0.207. The molecule has 1 aromatic carbocycles. The molecule has 15 heavy (non-hydrogen) atoms. The van der Waals surface area contributed by atoms with Crippen LogP contribution in [-0.2, 0) is 0 Å². The number of aromatic amines is 1. The Hall–Kier alpha value is -1.64. The number of fused-ring (bicyclic) bond motifs is 1. The SMILES string of the molecule is CCC(C)c1nc2ccccc2[nH]c1=O. The van der Waals surface area contributed by atoms with E-state index in [4.69, 9.17) is 0 Å². The summed E-state index contributed by atoms with van der Waals surface area (Å²) in [4.78, 5) is 19.0. The summed E-state index contributed by atoms with van der Waals surface area (Å²) in [6.45, 7) is 4.08. The van der Waals surface area contributed by atoms with E-state index < -0.39 is 0 Å². The first-order chi connectivity index (χ1) is 7.22. The van der Waals surface area contributed by atoms with Gasteiger partial charge in [0.25, 0.3) is 5.56 Å². The monoisotopic (exact) mass is 202 g/mol. The van der Waals surface area contributed by atoms with Crippen LogP contribution >= 0.6 is 0 Å².